The molecule has 0 spiro atoms. The van der Waals surface area contributed by atoms with Crippen LogP contribution >= 0.6 is 0 Å². The van der Waals surface area contributed by atoms with E-state index in [2.05, 4.69) is 34.3 Å². The molecule has 0 aliphatic carbocycles. The molecule has 2 aromatic carbocycles. The summed E-state index contributed by atoms with van der Waals surface area (Å²) in [4.78, 5) is 17.1. The molecule has 1 heterocycles. The van der Waals surface area contributed by atoms with E-state index in [4.69, 9.17) is 4.74 Å². The van der Waals surface area contributed by atoms with E-state index in [-0.39, 0.29) is 5.91 Å². The molecule has 5 nitrogen and oxygen atoms in total. The molecule has 0 radical (unpaired) electrons. The van der Waals surface area contributed by atoms with Crippen LogP contribution in [0.15, 0.2) is 48.5 Å². The van der Waals surface area contributed by atoms with Crippen LogP contribution < -0.4 is 10.1 Å². The highest BCUT2D eigenvalue weighted by atomic mass is 16.5. The second-order valence-electron chi connectivity index (χ2n) is 6.81. The van der Waals surface area contributed by atoms with Gasteiger partial charge >= 0.3 is 0 Å². The molecule has 1 fully saturated rings. The predicted octanol–water partition coefficient (Wildman–Crippen LogP) is 2.62. The van der Waals surface area contributed by atoms with Crippen molar-refractivity contribution < 1.29 is 9.53 Å². The maximum Gasteiger partial charge on any atom is 0.228 e. The number of nitrogens with one attached hydrogen (secondary N) is 1. The molecule has 138 valence electrons. The summed E-state index contributed by atoms with van der Waals surface area (Å²) >= 11 is 0. The Labute approximate surface area is 155 Å². The lowest BCUT2D eigenvalue weighted by atomic mass is 10.1. The topological polar surface area (TPSA) is 44.8 Å². The number of piperazine rings is 1. The number of para-hydroxylation sites is 1. The van der Waals surface area contributed by atoms with E-state index in [0.717, 1.165) is 49.7 Å². The highest BCUT2D eigenvalue weighted by Gasteiger charge is 2.14. The Balaban J connectivity index is 1.53. The van der Waals surface area contributed by atoms with Crippen LogP contribution in [0, 0.1) is 0 Å². The summed E-state index contributed by atoms with van der Waals surface area (Å²) < 4.78 is 5.30. The molecule has 5 heteroatoms. The molecule has 0 atom stereocenters. The molecule has 1 saturated heterocycles. The van der Waals surface area contributed by atoms with Crippen LogP contribution in [0.1, 0.15) is 11.1 Å². The Hall–Kier alpha value is -2.37. The van der Waals surface area contributed by atoms with E-state index in [9.17, 15) is 4.79 Å². The van der Waals surface area contributed by atoms with Crippen LogP contribution in [-0.2, 0) is 17.8 Å². The summed E-state index contributed by atoms with van der Waals surface area (Å²) in [5, 5.41) is 2.96. The highest BCUT2D eigenvalue weighted by Crippen LogP contribution is 2.19. The molecular formula is C21H27N3O2. The Morgan fingerprint density at radius 1 is 1.04 bits per heavy atom. The number of methoxy groups -OCH3 is 1. The van der Waals surface area contributed by atoms with Gasteiger partial charge in [0.15, 0.2) is 0 Å². The van der Waals surface area contributed by atoms with Gasteiger partial charge in [-0.25, -0.2) is 0 Å². The van der Waals surface area contributed by atoms with Gasteiger partial charge in [0, 0.05) is 44.0 Å². The maximum atomic E-state index is 12.3. The quantitative estimate of drug-likeness (QED) is 0.867. The molecule has 0 unspecified atom stereocenters. The largest absolute Gasteiger partial charge is 0.496 e. The average Bonchev–Trinajstić information content (AvgIpc) is 2.65. The first-order valence-corrected chi connectivity index (χ1v) is 9.05. The predicted molar refractivity (Wildman–Crippen MR) is 105 cm³/mol. The maximum absolute atomic E-state index is 12.3. The molecule has 3 rings (SSSR count). The molecular weight excluding hydrogens is 326 g/mol. The number of rotatable bonds is 6. The van der Waals surface area contributed by atoms with Crippen LogP contribution in [0.2, 0.25) is 0 Å². The third-order valence-electron chi connectivity index (χ3n) is 4.78. The molecule has 26 heavy (non-hydrogen) atoms. The van der Waals surface area contributed by atoms with Crippen LogP contribution in [-0.4, -0.2) is 56.0 Å². The molecule has 2 aromatic rings. The van der Waals surface area contributed by atoms with Gasteiger partial charge in [0.1, 0.15) is 5.75 Å². The van der Waals surface area contributed by atoms with Crippen molar-refractivity contribution in [3.8, 4) is 5.75 Å². The fourth-order valence-corrected chi connectivity index (χ4v) is 3.18. The van der Waals surface area contributed by atoms with Gasteiger partial charge in [-0.15, -0.1) is 0 Å². The number of likely N-dealkylation sites (N-methyl/N-ethyl adjacent to an activating group) is 1. The number of hydrogen-bond acceptors (Lipinski definition) is 4. The Morgan fingerprint density at radius 2 is 1.73 bits per heavy atom. The number of anilines is 1. The summed E-state index contributed by atoms with van der Waals surface area (Å²) in [6.07, 6.45) is 0.299. The Kier molecular flexibility index (Phi) is 6.26. The summed E-state index contributed by atoms with van der Waals surface area (Å²) in [5.41, 5.74) is 2.99. The van der Waals surface area contributed by atoms with Crippen molar-refractivity contribution in [3.63, 3.8) is 0 Å². The van der Waals surface area contributed by atoms with Crippen molar-refractivity contribution in [2.24, 2.45) is 0 Å². The zero-order valence-electron chi connectivity index (χ0n) is 15.6. The Bertz CT molecular complexity index is 722. The van der Waals surface area contributed by atoms with Crippen molar-refractivity contribution in [2.75, 3.05) is 45.7 Å². The number of nitrogens with zero attached hydrogens (tertiary/aromatic N) is 2. The number of ether oxygens (including phenoxy) is 1. The third kappa shape index (κ3) is 5.07. The molecule has 1 aliphatic rings. The minimum atomic E-state index is -0.0404. The van der Waals surface area contributed by atoms with E-state index < -0.39 is 0 Å². The molecule has 0 bridgehead atoms. The van der Waals surface area contributed by atoms with Gasteiger partial charge in [-0.1, -0.05) is 30.3 Å². The molecule has 0 aromatic heterocycles. The summed E-state index contributed by atoms with van der Waals surface area (Å²) in [7, 11) is 3.79. The zero-order chi connectivity index (χ0) is 18.4. The van der Waals surface area contributed by atoms with Gasteiger partial charge in [-0.2, -0.15) is 0 Å². The van der Waals surface area contributed by atoms with Crippen molar-refractivity contribution >= 4 is 11.6 Å². The van der Waals surface area contributed by atoms with E-state index in [1.165, 1.54) is 5.56 Å². The first-order chi connectivity index (χ1) is 12.6. The van der Waals surface area contributed by atoms with E-state index in [1.807, 2.05) is 36.4 Å². The van der Waals surface area contributed by atoms with Gasteiger partial charge < -0.3 is 15.0 Å². The number of hydrogen-bond donors (Lipinski definition) is 1. The first-order valence-electron chi connectivity index (χ1n) is 9.05. The monoisotopic (exact) mass is 353 g/mol. The van der Waals surface area contributed by atoms with Gasteiger partial charge in [-0.05, 0) is 30.8 Å². The van der Waals surface area contributed by atoms with Crippen molar-refractivity contribution in [1.29, 1.82) is 0 Å². The van der Waals surface area contributed by atoms with Gasteiger partial charge in [0.25, 0.3) is 0 Å². The van der Waals surface area contributed by atoms with Gasteiger partial charge in [0.2, 0.25) is 5.91 Å². The number of carbonyl (C=O) groups excluding carboxylic acids is 1. The van der Waals surface area contributed by atoms with Crippen LogP contribution in [0.25, 0.3) is 0 Å². The number of amides is 1. The van der Waals surface area contributed by atoms with E-state index >= 15 is 0 Å². The summed E-state index contributed by atoms with van der Waals surface area (Å²) in [6.45, 7) is 5.42. The SMILES string of the molecule is COc1ccccc1CC(=O)Nc1ccc(CN2CCN(C)CC2)cc1. The fraction of sp³-hybridized carbons (Fsp3) is 0.381. The van der Waals surface area contributed by atoms with Crippen LogP contribution in [0.3, 0.4) is 0 Å². The average molecular weight is 353 g/mol. The smallest absolute Gasteiger partial charge is 0.228 e. The van der Waals surface area contributed by atoms with Gasteiger partial charge in [-0.3, -0.25) is 9.69 Å². The van der Waals surface area contributed by atoms with E-state index in [1.54, 1.807) is 7.11 Å². The normalized spacial score (nSPS) is 15.6. The van der Waals surface area contributed by atoms with Gasteiger partial charge in [0.05, 0.1) is 13.5 Å². The van der Waals surface area contributed by atoms with E-state index in [0.29, 0.717) is 6.42 Å². The minimum absolute atomic E-state index is 0.0404. The Morgan fingerprint density at radius 3 is 2.42 bits per heavy atom. The fourth-order valence-electron chi connectivity index (χ4n) is 3.18. The second-order valence-corrected chi connectivity index (χ2v) is 6.81. The third-order valence-corrected chi connectivity index (χ3v) is 4.78. The lowest BCUT2D eigenvalue weighted by Gasteiger charge is -2.32. The summed E-state index contributed by atoms with van der Waals surface area (Å²) in [5.74, 6) is 0.700. The highest BCUT2D eigenvalue weighted by molar-refractivity contribution is 5.92. The second kappa shape index (κ2) is 8.83. The summed E-state index contributed by atoms with van der Waals surface area (Å²) in [6, 6.07) is 15.7. The zero-order valence-corrected chi connectivity index (χ0v) is 15.6. The van der Waals surface area contributed by atoms with Crippen molar-refractivity contribution in [3.05, 3.63) is 59.7 Å². The van der Waals surface area contributed by atoms with Crippen molar-refractivity contribution in [2.45, 2.75) is 13.0 Å². The van der Waals surface area contributed by atoms with Crippen molar-refractivity contribution in [1.82, 2.24) is 9.80 Å². The number of carbonyl (C=O) groups is 1. The molecule has 1 amide bonds. The standard InChI is InChI=1S/C21H27N3O2/c1-23-11-13-24(14-12-23)16-17-7-9-19(10-8-17)22-21(25)15-18-5-3-4-6-20(18)26-2/h3-10H,11-16H2,1-2H3,(H,22,25). The number of benzene rings is 2. The van der Waals surface area contributed by atoms with Crippen LogP contribution in [0.4, 0.5) is 5.69 Å². The lowest BCUT2D eigenvalue weighted by Crippen LogP contribution is -2.43. The molecule has 0 saturated carbocycles. The van der Waals surface area contributed by atoms with Crippen LogP contribution in [0.5, 0.6) is 5.75 Å². The lowest BCUT2D eigenvalue weighted by molar-refractivity contribution is -0.115. The first kappa shape index (κ1) is 18.4. The molecule has 1 aliphatic heterocycles. The molecule has 1 N–H and O–H groups in total. The minimum Gasteiger partial charge on any atom is -0.496 e.